The Balaban J connectivity index is 1.23. The third-order valence-electron chi connectivity index (χ3n) is 5.24. The van der Waals surface area contributed by atoms with E-state index < -0.39 is 0 Å². The Hall–Kier alpha value is -3.39. The molecule has 2 aromatic heterocycles. The Labute approximate surface area is 190 Å². The molecule has 3 heterocycles. The lowest BCUT2D eigenvalue weighted by Gasteiger charge is -2.32. The van der Waals surface area contributed by atoms with Crippen LogP contribution in [0.4, 0.5) is 0 Å². The summed E-state index contributed by atoms with van der Waals surface area (Å²) in [5, 5.41) is 6.03. The molecule has 1 aliphatic heterocycles. The molecule has 8 heteroatoms. The maximum absolute atomic E-state index is 12.4. The van der Waals surface area contributed by atoms with Crippen LogP contribution in [-0.4, -0.2) is 40.8 Å². The largest absolute Gasteiger partial charge is 0.487 e. The molecule has 7 nitrogen and oxygen atoms in total. The van der Waals surface area contributed by atoms with E-state index >= 15 is 0 Å². The third kappa shape index (κ3) is 5.85. The van der Waals surface area contributed by atoms with E-state index in [-0.39, 0.29) is 17.9 Å². The first-order valence-corrected chi connectivity index (χ1v) is 11.4. The number of hydrogen-bond acceptors (Lipinski definition) is 6. The van der Waals surface area contributed by atoms with Crippen LogP contribution in [-0.2, 0) is 11.4 Å². The van der Waals surface area contributed by atoms with Gasteiger partial charge in [0.2, 0.25) is 5.91 Å². The Bertz CT molecular complexity index is 1080. The zero-order valence-corrected chi connectivity index (χ0v) is 18.6. The van der Waals surface area contributed by atoms with Crippen LogP contribution < -0.4 is 10.1 Å². The maximum Gasteiger partial charge on any atom is 0.257 e. The van der Waals surface area contributed by atoms with Crippen LogP contribution in [0.25, 0.3) is 6.08 Å². The fourth-order valence-corrected chi connectivity index (χ4v) is 4.15. The van der Waals surface area contributed by atoms with Crippen LogP contribution in [0.1, 0.15) is 39.5 Å². The van der Waals surface area contributed by atoms with Gasteiger partial charge in [0.1, 0.15) is 18.6 Å². The highest BCUT2D eigenvalue weighted by molar-refractivity contribution is 7.09. The van der Waals surface area contributed by atoms with Gasteiger partial charge in [0.15, 0.2) is 0 Å². The van der Waals surface area contributed by atoms with Crippen LogP contribution in [0.15, 0.2) is 58.7 Å². The molecule has 2 amide bonds. The zero-order chi connectivity index (χ0) is 22.3. The number of likely N-dealkylation sites (tertiary alicyclic amines) is 1. The number of carbonyl (C=O) groups excluding carboxylic acids is 2. The van der Waals surface area contributed by atoms with E-state index in [1.807, 2.05) is 36.6 Å². The van der Waals surface area contributed by atoms with Crippen molar-refractivity contribution in [1.82, 2.24) is 15.2 Å². The minimum Gasteiger partial charge on any atom is -0.487 e. The van der Waals surface area contributed by atoms with Crippen molar-refractivity contribution in [3.05, 3.63) is 76.1 Å². The maximum atomic E-state index is 12.4. The monoisotopic (exact) mass is 451 g/mol. The van der Waals surface area contributed by atoms with Crippen molar-refractivity contribution in [3.63, 3.8) is 0 Å². The molecular formula is C24H25N3O4S. The average molecular weight is 452 g/mol. The van der Waals surface area contributed by atoms with Crippen LogP contribution in [0.5, 0.6) is 5.75 Å². The number of ether oxygens (including phenoxy) is 1. The van der Waals surface area contributed by atoms with Gasteiger partial charge in [-0.15, -0.1) is 11.3 Å². The van der Waals surface area contributed by atoms with Gasteiger partial charge >= 0.3 is 0 Å². The number of nitrogens with one attached hydrogen (secondary N) is 1. The Morgan fingerprint density at radius 2 is 2.16 bits per heavy atom. The van der Waals surface area contributed by atoms with Crippen molar-refractivity contribution in [2.45, 2.75) is 32.4 Å². The fraction of sp³-hybridized carbons (Fsp3) is 0.292. The summed E-state index contributed by atoms with van der Waals surface area (Å²) >= 11 is 1.60. The standard InChI is InChI=1S/C24H25N3O4S/c1-17-25-21(16-32-17)15-31-22-4-2-3-18(13-22)5-6-23(28)26-20-7-10-27(11-8-20)24(29)19-9-12-30-14-19/h2-6,9,12-14,16,20H,7-8,10-11,15H2,1H3,(H,26,28)/b6-5+. The number of aryl methyl sites for hydroxylation is 1. The average Bonchev–Trinajstić information content (AvgIpc) is 3.49. The van der Waals surface area contributed by atoms with Crippen molar-refractivity contribution < 1.29 is 18.7 Å². The Kier molecular flexibility index (Phi) is 7.01. The second-order valence-corrected chi connectivity index (χ2v) is 8.70. The molecule has 0 atom stereocenters. The number of piperidine rings is 1. The van der Waals surface area contributed by atoms with Gasteiger partial charge in [-0.1, -0.05) is 12.1 Å². The van der Waals surface area contributed by atoms with Crippen LogP contribution in [0, 0.1) is 6.92 Å². The van der Waals surface area contributed by atoms with E-state index in [0.717, 1.165) is 34.9 Å². The quantitative estimate of drug-likeness (QED) is 0.548. The molecule has 0 saturated carbocycles. The van der Waals surface area contributed by atoms with Gasteiger partial charge in [0.05, 0.1) is 22.5 Å². The second-order valence-electron chi connectivity index (χ2n) is 7.64. The van der Waals surface area contributed by atoms with Gasteiger partial charge in [-0.05, 0) is 49.6 Å². The molecule has 0 unspecified atom stereocenters. The Morgan fingerprint density at radius 1 is 1.31 bits per heavy atom. The van der Waals surface area contributed by atoms with Gasteiger partial charge in [0, 0.05) is 30.6 Å². The Morgan fingerprint density at radius 3 is 2.88 bits per heavy atom. The number of rotatable bonds is 7. The lowest BCUT2D eigenvalue weighted by Crippen LogP contribution is -2.46. The molecule has 3 aromatic rings. The number of furan rings is 1. The molecule has 0 spiro atoms. The predicted octanol–water partition coefficient (Wildman–Crippen LogP) is 4.06. The second kappa shape index (κ2) is 10.3. The van der Waals surface area contributed by atoms with Crippen LogP contribution in [0.2, 0.25) is 0 Å². The molecule has 4 rings (SSSR count). The molecule has 0 bridgehead atoms. The minimum absolute atomic E-state index is 0.0320. The molecule has 1 N–H and O–H groups in total. The molecule has 1 fully saturated rings. The number of nitrogens with zero attached hydrogens (tertiary/aromatic N) is 2. The highest BCUT2D eigenvalue weighted by Gasteiger charge is 2.24. The van der Waals surface area contributed by atoms with Gasteiger partial charge in [0.25, 0.3) is 5.91 Å². The number of hydrogen-bond donors (Lipinski definition) is 1. The van der Waals surface area contributed by atoms with Crippen molar-refractivity contribution in [2.75, 3.05) is 13.1 Å². The highest BCUT2D eigenvalue weighted by Crippen LogP contribution is 2.18. The summed E-state index contributed by atoms with van der Waals surface area (Å²) < 4.78 is 10.8. The van der Waals surface area contributed by atoms with Crippen molar-refractivity contribution in [3.8, 4) is 5.75 Å². The zero-order valence-electron chi connectivity index (χ0n) is 17.8. The fourth-order valence-electron chi connectivity index (χ4n) is 3.56. The van der Waals surface area contributed by atoms with Crippen molar-refractivity contribution >= 4 is 29.2 Å². The summed E-state index contributed by atoms with van der Waals surface area (Å²) in [6.07, 6.45) is 7.71. The molecule has 0 aliphatic carbocycles. The van der Waals surface area contributed by atoms with Crippen molar-refractivity contribution in [1.29, 1.82) is 0 Å². The van der Waals surface area contributed by atoms with E-state index in [1.54, 1.807) is 28.4 Å². The number of aromatic nitrogens is 1. The first-order valence-electron chi connectivity index (χ1n) is 10.5. The third-order valence-corrected chi connectivity index (χ3v) is 6.06. The molecule has 1 aromatic carbocycles. The molecule has 1 aliphatic rings. The predicted molar refractivity (Wildman–Crippen MR) is 122 cm³/mol. The number of benzene rings is 1. The van der Waals surface area contributed by atoms with Gasteiger partial charge in [-0.25, -0.2) is 4.98 Å². The lowest BCUT2D eigenvalue weighted by atomic mass is 10.0. The summed E-state index contributed by atoms with van der Waals surface area (Å²) in [6, 6.07) is 9.31. The molecule has 166 valence electrons. The highest BCUT2D eigenvalue weighted by atomic mass is 32.1. The SMILES string of the molecule is Cc1nc(COc2cccc(/C=C/C(=O)NC3CCN(C(=O)c4ccoc4)CC3)c2)cs1. The van der Waals surface area contributed by atoms with E-state index in [0.29, 0.717) is 25.3 Å². The van der Waals surface area contributed by atoms with E-state index in [4.69, 9.17) is 9.15 Å². The molecule has 32 heavy (non-hydrogen) atoms. The van der Waals surface area contributed by atoms with Gasteiger partial charge in [-0.3, -0.25) is 9.59 Å². The minimum atomic E-state index is -0.145. The summed E-state index contributed by atoms with van der Waals surface area (Å²) in [6.45, 7) is 3.60. The molecular weight excluding hydrogens is 426 g/mol. The summed E-state index contributed by atoms with van der Waals surface area (Å²) in [5.74, 6) is 0.553. The summed E-state index contributed by atoms with van der Waals surface area (Å²) in [5.41, 5.74) is 2.35. The lowest BCUT2D eigenvalue weighted by molar-refractivity contribution is -0.117. The first kappa shape index (κ1) is 21.8. The number of amides is 2. The molecule has 1 saturated heterocycles. The van der Waals surface area contributed by atoms with E-state index in [9.17, 15) is 9.59 Å². The van der Waals surface area contributed by atoms with Crippen LogP contribution in [0.3, 0.4) is 0 Å². The summed E-state index contributed by atoms with van der Waals surface area (Å²) in [7, 11) is 0. The molecule has 0 radical (unpaired) electrons. The van der Waals surface area contributed by atoms with Crippen molar-refractivity contribution in [2.24, 2.45) is 0 Å². The van der Waals surface area contributed by atoms with Gasteiger partial charge < -0.3 is 19.4 Å². The summed E-state index contributed by atoms with van der Waals surface area (Å²) in [4.78, 5) is 30.9. The topological polar surface area (TPSA) is 84.7 Å². The first-order chi connectivity index (χ1) is 15.6. The number of thiazole rings is 1. The van der Waals surface area contributed by atoms with E-state index in [1.165, 1.54) is 18.6 Å². The smallest absolute Gasteiger partial charge is 0.257 e. The van der Waals surface area contributed by atoms with E-state index in [2.05, 4.69) is 10.3 Å². The van der Waals surface area contributed by atoms with Crippen LogP contribution >= 0.6 is 11.3 Å². The normalized spacial score (nSPS) is 14.6. The number of carbonyl (C=O) groups is 2. The van der Waals surface area contributed by atoms with Gasteiger partial charge in [-0.2, -0.15) is 0 Å².